The molecule has 0 atom stereocenters. The van der Waals surface area contributed by atoms with Crippen LogP contribution in [0.25, 0.3) is 11.3 Å². The van der Waals surface area contributed by atoms with Gasteiger partial charge in [0.2, 0.25) is 0 Å². The number of H-pyrrole nitrogens is 1. The van der Waals surface area contributed by atoms with Gasteiger partial charge in [0.05, 0.1) is 12.3 Å². The minimum atomic E-state index is 0.353. The highest BCUT2D eigenvalue weighted by molar-refractivity contribution is 5.73. The van der Waals surface area contributed by atoms with Crippen LogP contribution in [-0.4, -0.2) is 22.9 Å². The molecule has 0 aliphatic heterocycles. The minimum absolute atomic E-state index is 0.353. The standard InChI is InChI=1S/C13H14N2O2/c1-3-17-11-6-4-10(5-7-11)13-9(2)14-12(8-16)15-13/h4-8H,3H2,1-2H3,(H,14,15). The average Bonchev–Trinajstić information content (AvgIpc) is 2.72. The molecule has 1 aromatic heterocycles. The number of aryl methyl sites for hydroxylation is 1. The van der Waals surface area contributed by atoms with Crippen molar-refractivity contribution in [2.45, 2.75) is 13.8 Å². The summed E-state index contributed by atoms with van der Waals surface area (Å²) in [6.45, 7) is 4.49. The van der Waals surface area contributed by atoms with Gasteiger partial charge in [-0.1, -0.05) is 0 Å². The third-order valence-electron chi connectivity index (χ3n) is 2.45. The second kappa shape index (κ2) is 4.82. The van der Waals surface area contributed by atoms with Gasteiger partial charge in [-0.3, -0.25) is 4.79 Å². The van der Waals surface area contributed by atoms with Crippen molar-refractivity contribution in [1.29, 1.82) is 0 Å². The molecule has 17 heavy (non-hydrogen) atoms. The number of benzene rings is 1. The first-order chi connectivity index (χ1) is 8.24. The van der Waals surface area contributed by atoms with E-state index >= 15 is 0 Å². The summed E-state index contributed by atoms with van der Waals surface area (Å²) in [7, 11) is 0. The van der Waals surface area contributed by atoms with Crippen LogP contribution in [0.1, 0.15) is 23.2 Å². The lowest BCUT2D eigenvalue weighted by atomic mass is 10.1. The third-order valence-corrected chi connectivity index (χ3v) is 2.45. The van der Waals surface area contributed by atoms with Gasteiger partial charge in [-0.25, -0.2) is 4.98 Å². The van der Waals surface area contributed by atoms with E-state index in [1.54, 1.807) is 0 Å². The summed E-state index contributed by atoms with van der Waals surface area (Å²) in [6, 6.07) is 7.66. The fraction of sp³-hybridized carbons (Fsp3) is 0.231. The Morgan fingerprint density at radius 2 is 2.06 bits per heavy atom. The normalized spacial score (nSPS) is 10.2. The van der Waals surface area contributed by atoms with E-state index in [1.807, 2.05) is 38.1 Å². The van der Waals surface area contributed by atoms with Crippen molar-refractivity contribution in [3.05, 3.63) is 35.8 Å². The lowest BCUT2D eigenvalue weighted by Gasteiger charge is -2.03. The number of nitrogens with zero attached hydrogens (tertiary/aromatic N) is 1. The van der Waals surface area contributed by atoms with Crippen LogP contribution in [0.2, 0.25) is 0 Å². The minimum Gasteiger partial charge on any atom is -0.494 e. The summed E-state index contributed by atoms with van der Waals surface area (Å²) < 4.78 is 5.37. The first-order valence-electron chi connectivity index (χ1n) is 5.49. The molecular weight excluding hydrogens is 216 g/mol. The lowest BCUT2D eigenvalue weighted by Crippen LogP contribution is -1.91. The quantitative estimate of drug-likeness (QED) is 0.821. The van der Waals surface area contributed by atoms with Crippen LogP contribution in [-0.2, 0) is 0 Å². The van der Waals surface area contributed by atoms with Gasteiger partial charge in [0.1, 0.15) is 5.75 Å². The van der Waals surface area contributed by atoms with Gasteiger partial charge in [-0.15, -0.1) is 0 Å². The lowest BCUT2D eigenvalue weighted by molar-refractivity contribution is 0.111. The maximum absolute atomic E-state index is 10.6. The first kappa shape index (κ1) is 11.4. The van der Waals surface area contributed by atoms with E-state index in [1.165, 1.54) is 0 Å². The Kier molecular flexibility index (Phi) is 3.23. The number of nitrogens with one attached hydrogen (secondary N) is 1. The van der Waals surface area contributed by atoms with Gasteiger partial charge >= 0.3 is 0 Å². The molecule has 0 saturated carbocycles. The third kappa shape index (κ3) is 2.36. The van der Waals surface area contributed by atoms with Gasteiger partial charge in [0.25, 0.3) is 0 Å². The summed E-state index contributed by atoms with van der Waals surface area (Å²) >= 11 is 0. The number of aromatic amines is 1. The highest BCUT2D eigenvalue weighted by atomic mass is 16.5. The van der Waals surface area contributed by atoms with Crippen LogP contribution < -0.4 is 4.74 Å². The second-order valence-corrected chi connectivity index (χ2v) is 3.67. The van der Waals surface area contributed by atoms with E-state index in [4.69, 9.17) is 4.74 Å². The van der Waals surface area contributed by atoms with Crippen molar-refractivity contribution in [3.8, 4) is 17.0 Å². The maximum atomic E-state index is 10.6. The van der Waals surface area contributed by atoms with E-state index in [9.17, 15) is 4.79 Å². The Hall–Kier alpha value is -2.10. The van der Waals surface area contributed by atoms with Gasteiger partial charge in [-0.2, -0.15) is 0 Å². The fourth-order valence-electron chi connectivity index (χ4n) is 1.70. The molecule has 0 radical (unpaired) electrons. The van der Waals surface area contributed by atoms with Crippen LogP contribution in [0.15, 0.2) is 24.3 Å². The topological polar surface area (TPSA) is 55.0 Å². The molecule has 2 aromatic rings. The Balaban J connectivity index is 2.32. The molecule has 88 valence electrons. The molecule has 0 fully saturated rings. The van der Waals surface area contributed by atoms with E-state index in [-0.39, 0.29) is 0 Å². The monoisotopic (exact) mass is 230 g/mol. The molecule has 1 N–H and O–H groups in total. The van der Waals surface area contributed by atoms with Crippen LogP contribution in [0, 0.1) is 6.92 Å². The zero-order valence-corrected chi connectivity index (χ0v) is 9.86. The summed E-state index contributed by atoms with van der Waals surface area (Å²) in [4.78, 5) is 17.8. The van der Waals surface area contributed by atoms with Gasteiger partial charge < -0.3 is 9.72 Å². The number of carbonyl (C=O) groups is 1. The highest BCUT2D eigenvalue weighted by Crippen LogP contribution is 2.23. The van der Waals surface area contributed by atoms with Gasteiger partial charge in [0.15, 0.2) is 12.1 Å². The molecule has 4 heteroatoms. The highest BCUT2D eigenvalue weighted by Gasteiger charge is 2.08. The summed E-state index contributed by atoms with van der Waals surface area (Å²) in [5.74, 6) is 1.19. The smallest absolute Gasteiger partial charge is 0.185 e. The molecular formula is C13H14N2O2. The van der Waals surface area contributed by atoms with E-state index in [2.05, 4.69) is 9.97 Å². The van der Waals surface area contributed by atoms with Crippen LogP contribution in [0.4, 0.5) is 0 Å². The van der Waals surface area contributed by atoms with Crippen LogP contribution >= 0.6 is 0 Å². The number of ether oxygens (including phenoxy) is 1. The predicted octanol–water partition coefficient (Wildman–Crippen LogP) is 2.60. The molecule has 0 aliphatic rings. The number of hydrogen-bond donors (Lipinski definition) is 1. The van der Waals surface area contributed by atoms with Crippen molar-refractivity contribution < 1.29 is 9.53 Å². The summed E-state index contributed by atoms with van der Waals surface area (Å²) in [5.41, 5.74) is 2.65. The number of aromatic nitrogens is 2. The SMILES string of the molecule is CCOc1ccc(-c2nc(C=O)[nH]c2C)cc1. The number of carbonyl (C=O) groups excluding carboxylic acids is 1. The largest absolute Gasteiger partial charge is 0.494 e. The number of hydrogen-bond acceptors (Lipinski definition) is 3. The molecule has 0 saturated heterocycles. The van der Waals surface area contributed by atoms with Gasteiger partial charge in [-0.05, 0) is 38.1 Å². The number of imidazole rings is 1. The Morgan fingerprint density at radius 3 is 2.59 bits per heavy atom. The number of aldehydes is 1. The Labute approximate surface area is 99.7 Å². The molecule has 2 rings (SSSR count). The Morgan fingerprint density at radius 1 is 1.35 bits per heavy atom. The van der Waals surface area contributed by atoms with Crippen LogP contribution in [0.3, 0.4) is 0 Å². The van der Waals surface area contributed by atoms with Crippen molar-refractivity contribution in [2.75, 3.05) is 6.61 Å². The van der Waals surface area contributed by atoms with Crippen molar-refractivity contribution in [3.63, 3.8) is 0 Å². The maximum Gasteiger partial charge on any atom is 0.185 e. The van der Waals surface area contributed by atoms with E-state index in [0.29, 0.717) is 18.7 Å². The molecule has 4 nitrogen and oxygen atoms in total. The summed E-state index contributed by atoms with van der Waals surface area (Å²) in [6.07, 6.45) is 0.713. The fourth-order valence-corrected chi connectivity index (χ4v) is 1.70. The molecule has 1 aromatic carbocycles. The van der Waals surface area contributed by atoms with Crippen molar-refractivity contribution in [2.24, 2.45) is 0 Å². The van der Waals surface area contributed by atoms with E-state index < -0.39 is 0 Å². The molecule has 0 spiro atoms. The molecule has 0 amide bonds. The van der Waals surface area contributed by atoms with Crippen molar-refractivity contribution in [1.82, 2.24) is 9.97 Å². The molecule has 0 bridgehead atoms. The molecule has 1 heterocycles. The molecule has 0 aliphatic carbocycles. The van der Waals surface area contributed by atoms with Crippen LogP contribution in [0.5, 0.6) is 5.75 Å². The van der Waals surface area contributed by atoms with E-state index in [0.717, 1.165) is 22.7 Å². The zero-order chi connectivity index (χ0) is 12.3. The second-order valence-electron chi connectivity index (χ2n) is 3.67. The first-order valence-corrected chi connectivity index (χ1v) is 5.49. The van der Waals surface area contributed by atoms with Crippen molar-refractivity contribution >= 4 is 6.29 Å². The zero-order valence-electron chi connectivity index (χ0n) is 9.86. The predicted molar refractivity (Wildman–Crippen MR) is 65.3 cm³/mol. The summed E-state index contributed by atoms with van der Waals surface area (Å²) in [5, 5.41) is 0. The number of rotatable bonds is 4. The molecule has 0 unspecified atom stereocenters. The Bertz CT molecular complexity index is 515. The van der Waals surface area contributed by atoms with Gasteiger partial charge in [0, 0.05) is 11.3 Å². The average molecular weight is 230 g/mol.